The average Bonchev–Trinajstić information content (AvgIpc) is 2.38. The van der Waals surface area contributed by atoms with Gasteiger partial charge in [0.05, 0.1) is 0 Å². The Morgan fingerprint density at radius 2 is 1.94 bits per heavy atom. The molecule has 1 aliphatic rings. The van der Waals surface area contributed by atoms with E-state index in [-0.39, 0.29) is 16.8 Å². The lowest BCUT2D eigenvalue weighted by Gasteiger charge is -2.47. The molecule has 0 bridgehead atoms. The summed E-state index contributed by atoms with van der Waals surface area (Å²) >= 11 is 0. The monoisotopic (exact) mass is 238 g/mol. The highest BCUT2D eigenvalue weighted by atomic mass is 16.6. The lowest BCUT2D eigenvalue weighted by molar-refractivity contribution is -0.168. The van der Waals surface area contributed by atoms with E-state index in [1.54, 1.807) is 0 Å². The maximum Gasteiger partial charge on any atom is 0.330 e. The molecule has 1 aliphatic carbocycles. The SMILES string of the molecule is C=CC(=O)OC1(C)CC(C)C(C)(C)C1(C)CC. The minimum absolute atomic E-state index is 0.00190. The molecule has 1 saturated carbocycles. The van der Waals surface area contributed by atoms with Crippen LogP contribution in [-0.4, -0.2) is 11.6 Å². The summed E-state index contributed by atoms with van der Waals surface area (Å²) in [6.07, 6.45) is 3.19. The van der Waals surface area contributed by atoms with E-state index in [0.29, 0.717) is 5.92 Å². The quantitative estimate of drug-likeness (QED) is 0.549. The molecule has 0 saturated heterocycles. The van der Waals surface area contributed by atoms with Crippen LogP contribution < -0.4 is 0 Å². The molecule has 0 heterocycles. The standard InChI is InChI=1S/C15H26O2/c1-8-12(16)17-15(7)10-11(3)13(4,5)14(15,6)9-2/h8,11H,1,9-10H2,2-7H3. The van der Waals surface area contributed by atoms with E-state index in [9.17, 15) is 4.79 Å². The fourth-order valence-corrected chi connectivity index (χ4v) is 3.54. The normalized spacial score (nSPS) is 40.0. The molecule has 98 valence electrons. The Labute approximate surface area is 105 Å². The van der Waals surface area contributed by atoms with E-state index >= 15 is 0 Å². The fourth-order valence-electron chi connectivity index (χ4n) is 3.54. The van der Waals surface area contributed by atoms with Crippen molar-refractivity contribution < 1.29 is 9.53 Å². The van der Waals surface area contributed by atoms with Crippen molar-refractivity contribution in [3.05, 3.63) is 12.7 Å². The number of hydrogen-bond donors (Lipinski definition) is 0. The van der Waals surface area contributed by atoms with Crippen molar-refractivity contribution in [2.75, 3.05) is 0 Å². The second-order valence-corrected chi connectivity index (χ2v) is 6.37. The molecule has 0 radical (unpaired) electrons. The Morgan fingerprint density at radius 3 is 2.35 bits per heavy atom. The Morgan fingerprint density at radius 1 is 1.41 bits per heavy atom. The predicted octanol–water partition coefficient (Wildman–Crippen LogP) is 3.96. The molecule has 0 aromatic rings. The summed E-state index contributed by atoms with van der Waals surface area (Å²) in [5.74, 6) is 0.229. The highest BCUT2D eigenvalue weighted by Crippen LogP contribution is 2.63. The van der Waals surface area contributed by atoms with Gasteiger partial charge >= 0.3 is 5.97 Å². The molecule has 0 N–H and O–H groups in total. The molecule has 1 fully saturated rings. The minimum atomic E-state index is -0.393. The van der Waals surface area contributed by atoms with Crippen LogP contribution >= 0.6 is 0 Å². The van der Waals surface area contributed by atoms with Gasteiger partial charge in [-0.15, -0.1) is 0 Å². The molecular formula is C15H26O2. The van der Waals surface area contributed by atoms with Gasteiger partial charge in [0.15, 0.2) is 0 Å². The van der Waals surface area contributed by atoms with Gasteiger partial charge in [-0.2, -0.15) is 0 Å². The highest BCUT2D eigenvalue weighted by Gasteiger charge is 2.63. The number of rotatable bonds is 3. The maximum atomic E-state index is 11.6. The number of carbonyl (C=O) groups is 1. The van der Waals surface area contributed by atoms with Crippen LogP contribution in [0, 0.1) is 16.7 Å². The third kappa shape index (κ3) is 1.82. The number of esters is 1. The molecule has 0 aliphatic heterocycles. The number of ether oxygens (including phenoxy) is 1. The third-order valence-corrected chi connectivity index (χ3v) is 5.72. The molecule has 3 atom stereocenters. The molecule has 1 rings (SSSR count). The van der Waals surface area contributed by atoms with Gasteiger partial charge in [0.2, 0.25) is 0 Å². The van der Waals surface area contributed by atoms with Crippen LogP contribution in [0.3, 0.4) is 0 Å². The molecule has 0 aromatic carbocycles. The van der Waals surface area contributed by atoms with Gasteiger partial charge in [-0.25, -0.2) is 4.79 Å². The van der Waals surface area contributed by atoms with E-state index in [4.69, 9.17) is 4.74 Å². The molecule has 2 heteroatoms. The first-order chi connectivity index (χ1) is 7.64. The van der Waals surface area contributed by atoms with Crippen molar-refractivity contribution >= 4 is 5.97 Å². The summed E-state index contributed by atoms with van der Waals surface area (Å²) < 4.78 is 5.70. The van der Waals surface area contributed by atoms with E-state index < -0.39 is 5.60 Å². The van der Waals surface area contributed by atoms with Crippen molar-refractivity contribution in [1.82, 2.24) is 0 Å². The Kier molecular flexibility index (Phi) is 3.48. The van der Waals surface area contributed by atoms with Crippen molar-refractivity contribution in [3.8, 4) is 0 Å². The van der Waals surface area contributed by atoms with Gasteiger partial charge in [-0.3, -0.25) is 0 Å². The van der Waals surface area contributed by atoms with Crippen LogP contribution in [0.5, 0.6) is 0 Å². The summed E-state index contributed by atoms with van der Waals surface area (Å²) in [7, 11) is 0. The molecule has 0 spiro atoms. The molecule has 2 nitrogen and oxygen atoms in total. The van der Waals surface area contributed by atoms with Gasteiger partial charge < -0.3 is 4.74 Å². The zero-order valence-electron chi connectivity index (χ0n) is 12.1. The van der Waals surface area contributed by atoms with Crippen LogP contribution in [0.4, 0.5) is 0 Å². The first-order valence-electron chi connectivity index (χ1n) is 6.50. The van der Waals surface area contributed by atoms with Crippen molar-refractivity contribution in [3.63, 3.8) is 0 Å². The Balaban J connectivity index is 3.16. The summed E-state index contributed by atoms with van der Waals surface area (Å²) in [6, 6.07) is 0. The lowest BCUT2D eigenvalue weighted by atomic mass is 9.61. The summed E-state index contributed by atoms with van der Waals surface area (Å²) in [4.78, 5) is 11.6. The number of hydrogen-bond acceptors (Lipinski definition) is 2. The third-order valence-electron chi connectivity index (χ3n) is 5.72. The van der Waals surface area contributed by atoms with Crippen LogP contribution in [-0.2, 0) is 9.53 Å². The lowest BCUT2D eigenvalue weighted by Crippen LogP contribution is -2.48. The largest absolute Gasteiger partial charge is 0.456 e. The summed E-state index contributed by atoms with van der Waals surface area (Å²) in [5, 5.41) is 0. The van der Waals surface area contributed by atoms with Crippen molar-refractivity contribution in [2.24, 2.45) is 16.7 Å². The molecule has 0 aromatic heterocycles. The van der Waals surface area contributed by atoms with Crippen molar-refractivity contribution in [1.29, 1.82) is 0 Å². The molecule has 3 unspecified atom stereocenters. The summed E-state index contributed by atoms with van der Waals surface area (Å²) in [6.45, 7) is 16.8. The van der Waals surface area contributed by atoms with Gasteiger partial charge in [-0.05, 0) is 31.1 Å². The van der Waals surface area contributed by atoms with E-state index in [1.165, 1.54) is 6.08 Å². The first-order valence-corrected chi connectivity index (χ1v) is 6.50. The Hall–Kier alpha value is -0.790. The van der Waals surface area contributed by atoms with Crippen LogP contribution in [0.15, 0.2) is 12.7 Å². The average molecular weight is 238 g/mol. The zero-order valence-corrected chi connectivity index (χ0v) is 12.1. The van der Waals surface area contributed by atoms with Crippen LogP contribution in [0.1, 0.15) is 54.4 Å². The maximum absolute atomic E-state index is 11.6. The zero-order chi connectivity index (χ0) is 13.5. The van der Waals surface area contributed by atoms with E-state index in [1.807, 2.05) is 0 Å². The minimum Gasteiger partial charge on any atom is -0.456 e. The smallest absolute Gasteiger partial charge is 0.330 e. The van der Waals surface area contributed by atoms with Gasteiger partial charge in [-0.1, -0.05) is 41.2 Å². The second kappa shape index (κ2) is 4.15. The molecular weight excluding hydrogens is 212 g/mol. The van der Waals surface area contributed by atoms with Gasteiger partial charge in [0.25, 0.3) is 0 Å². The molecule has 0 amide bonds. The summed E-state index contributed by atoms with van der Waals surface area (Å²) in [5.41, 5.74) is -0.230. The van der Waals surface area contributed by atoms with E-state index in [0.717, 1.165) is 12.8 Å². The Bertz CT molecular complexity index is 332. The van der Waals surface area contributed by atoms with Crippen molar-refractivity contribution in [2.45, 2.75) is 60.0 Å². The topological polar surface area (TPSA) is 26.3 Å². The van der Waals surface area contributed by atoms with E-state index in [2.05, 4.69) is 48.1 Å². The fraction of sp³-hybridized carbons (Fsp3) is 0.800. The van der Waals surface area contributed by atoms with Gasteiger partial charge in [0.1, 0.15) is 5.60 Å². The number of carbonyl (C=O) groups excluding carboxylic acids is 1. The highest BCUT2D eigenvalue weighted by molar-refractivity contribution is 5.81. The van der Waals surface area contributed by atoms with Crippen LogP contribution in [0.2, 0.25) is 0 Å². The van der Waals surface area contributed by atoms with Gasteiger partial charge in [0, 0.05) is 11.5 Å². The first kappa shape index (κ1) is 14.3. The predicted molar refractivity (Wildman–Crippen MR) is 70.7 cm³/mol. The van der Waals surface area contributed by atoms with Crippen LogP contribution in [0.25, 0.3) is 0 Å². The molecule has 17 heavy (non-hydrogen) atoms. The second-order valence-electron chi connectivity index (χ2n) is 6.37.